The number of fused-ring (bicyclic) bond motifs is 1. The van der Waals surface area contributed by atoms with Crippen molar-refractivity contribution in [3.05, 3.63) is 35.9 Å². The van der Waals surface area contributed by atoms with Gasteiger partial charge in [-0.3, -0.25) is 0 Å². The molecule has 0 aliphatic heterocycles. The van der Waals surface area contributed by atoms with E-state index in [9.17, 15) is 5.26 Å². The molecule has 0 spiro atoms. The smallest absolute Gasteiger partial charge is 0.144 e. The average molecular weight is 279 g/mol. The summed E-state index contributed by atoms with van der Waals surface area (Å²) in [4.78, 5) is 4.63. The molecule has 3 nitrogen and oxygen atoms in total. The van der Waals surface area contributed by atoms with Gasteiger partial charge in [0.1, 0.15) is 11.9 Å². The molecule has 1 saturated carbocycles. The third kappa shape index (κ3) is 3.00. The SMILES string of the molecule is CC1(CNc2nc3ccccc3cc2C#N)CCCCC1. The minimum Gasteiger partial charge on any atom is -0.368 e. The van der Waals surface area contributed by atoms with Crippen LogP contribution in [0.4, 0.5) is 5.82 Å². The second-order valence-electron chi connectivity index (χ2n) is 6.41. The van der Waals surface area contributed by atoms with E-state index in [0.29, 0.717) is 11.0 Å². The van der Waals surface area contributed by atoms with Gasteiger partial charge in [0.15, 0.2) is 0 Å². The molecule has 1 aliphatic carbocycles. The third-order valence-electron chi connectivity index (χ3n) is 4.59. The van der Waals surface area contributed by atoms with Crippen LogP contribution >= 0.6 is 0 Å². The molecular weight excluding hydrogens is 258 g/mol. The van der Waals surface area contributed by atoms with Gasteiger partial charge in [0.25, 0.3) is 0 Å². The van der Waals surface area contributed by atoms with Crippen molar-refractivity contribution in [3.63, 3.8) is 0 Å². The van der Waals surface area contributed by atoms with Crippen molar-refractivity contribution in [2.24, 2.45) is 5.41 Å². The summed E-state index contributed by atoms with van der Waals surface area (Å²) in [6.45, 7) is 3.24. The summed E-state index contributed by atoms with van der Waals surface area (Å²) < 4.78 is 0. The van der Waals surface area contributed by atoms with Gasteiger partial charge >= 0.3 is 0 Å². The monoisotopic (exact) mass is 279 g/mol. The molecular formula is C18H21N3. The molecule has 0 saturated heterocycles. The molecule has 2 aromatic rings. The first-order valence-electron chi connectivity index (χ1n) is 7.74. The lowest BCUT2D eigenvalue weighted by atomic mass is 9.76. The van der Waals surface area contributed by atoms with Crippen molar-refractivity contribution in [2.45, 2.75) is 39.0 Å². The van der Waals surface area contributed by atoms with Crippen molar-refractivity contribution in [1.29, 1.82) is 5.26 Å². The maximum absolute atomic E-state index is 9.35. The van der Waals surface area contributed by atoms with E-state index in [1.54, 1.807) is 0 Å². The van der Waals surface area contributed by atoms with Gasteiger partial charge in [-0.15, -0.1) is 0 Å². The van der Waals surface area contributed by atoms with Crippen LogP contribution in [0.2, 0.25) is 0 Å². The lowest BCUT2D eigenvalue weighted by Crippen LogP contribution is -2.29. The van der Waals surface area contributed by atoms with Gasteiger partial charge in [-0.1, -0.05) is 44.4 Å². The quantitative estimate of drug-likeness (QED) is 0.900. The zero-order valence-corrected chi connectivity index (χ0v) is 12.5. The number of nitrogens with zero attached hydrogens (tertiary/aromatic N) is 2. The van der Waals surface area contributed by atoms with Gasteiger partial charge in [0.05, 0.1) is 11.1 Å². The molecule has 0 atom stereocenters. The number of anilines is 1. The summed E-state index contributed by atoms with van der Waals surface area (Å²) in [5.74, 6) is 0.725. The first-order chi connectivity index (χ1) is 10.2. The number of para-hydroxylation sites is 1. The first kappa shape index (κ1) is 13.9. The Kier molecular flexibility index (Phi) is 3.79. The molecule has 108 valence electrons. The highest BCUT2D eigenvalue weighted by atomic mass is 15.0. The van der Waals surface area contributed by atoms with Crippen LogP contribution in [0.15, 0.2) is 30.3 Å². The molecule has 1 heterocycles. The van der Waals surface area contributed by atoms with Gasteiger partial charge < -0.3 is 5.32 Å². The summed E-state index contributed by atoms with van der Waals surface area (Å²) in [6, 6.07) is 12.1. The van der Waals surface area contributed by atoms with Gasteiger partial charge in [-0.2, -0.15) is 5.26 Å². The fraction of sp³-hybridized carbons (Fsp3) is 0.444. The van der Waals surface area contributed by atoms with Crippen molar-refractivity contribution in [2.75, 3.05) is 11.9 Å². The Morgan fingerprint density at radius 2 is 2.00 bits per heavy atom. The first-order valence-corrected chi connectivity index (χ1v) is 7.74. The van der Waals surface area contributed by atoms with Crippen LogP contribution in [0.3, 0.4) is 0 Å². The van der Waals surface area contributed by atoms with Crippen molar-refractivity contribution in [3.8, 4) is 6.07 Å². The molecule has 1 N–H and O–H groups in total. The summed E-state index contributed by atoms with van der Waals surface area (Å²) in [5, 5.41) is 13.8. The molecule has 0 amide bonds. The fourth-order valence-corrected chi connectivity index (χ4v) is 3.22. The maximum Gasteiger partial charge on any atom is 0.144 e. The standard InChI is InChI=1S/C18H21N3/c1-18(9-5-2-6-10-18)13-20-17-15(12-19)11-14-7-3-4-8-16(14)21-17/h3-4,7-8,11H,2,5-6,9-10,13H2,1H3,(H,20,21). The Bertz CT molecular complexity index is 678. The largest absolute Gasteiger partial charge is 0.368 e. The summed E-state index contributed by atoms with van der Waals surface area (Å²) in [5.41, 5.74) is 1.90. The number of benzene rings is 1. The van der Waals surface area contributed by atoms with Crippen molar-refractivity contribution >= 4 is 16.7 Å². The van der Waals surface area contributed by atoms with Crippen molar-refractivity contribution < 1.29 is 0 Å². The molecule has 1 aromatic carbocycles. The highest BCUT2D eigenvalue weighted by molar-refractivity contribution is 5.82. The lowest BCUT2D eigenvalue weighted by Gasteiger charge is -2.33. The summed E-state index contributed by atoms with van der Waals surface area (Å²) >= 11 is 0. The van der Waals surface area contributed by atoms with Gasteiger partial charge in [0, 0.05) is 11.9 Å². The number of hydrogen-bond donors (Lipinski definition) is 1. The third-order valence-corrected chi connectivity index (χ3v) is 4.59. The highest BCUT2D eigenvalue weighted by Gasteiger charge is 2.26. The second kappa shape index (κ2) is 5.73. The summed E-state index contributed by atoms with van der Waals surface area (Å²) in [6.07, 6.45) is 6.50. The Labute approximate surface area is 126 Å². The van der Waals surface area contributed by atoms with Crippen LogP contribution < -0.4 is 5.32 Å². The van der Waals surface area contributed by atoms with Crippen LogP contribution in [0.5, 0.6) is 0 Å². The Morgan fingerprint density at radius 1 is 1.24 bits per heavy atom. The second-order valence-corrected chi connectivity index (χ2v) is 6.41. The van der Waals surface area contributed by atoms with Crippen molar-refractivity contribution in [1.82, 2.24) is 4.98 Å². The number of rotatable bonds is 3. The van der Waals surface area contributed by atoms with Crippen LogP contribution in [-0.4, -0.2) is 11.5 Å². The maximum atomic E-state index is 9.35. The van der Waals surface area contributed by atoms with Crippen LogP contribution in [0.1, 0.15) is 44.6 Å². The Hall–Kier alpha value is -2.08. The zero-order chi connectivity index (χ0) is 14.7. The van der Waals surface area contributed by atoms with E-state index in [1.807, 2.05) is 30.3 Å². The molecule has 3 heteroatoms. The molecule has 0 bridgehead atoms. The Morgan fingerprint density at radius 3 is 2.76 bits per heavy atom. The van der Waals surface area contributed by atoms with Gasteiger partial charge in [-0.05, 0) is 30.4 Å². The molecule has 0 radical (unpaired) electrons. The van der Waals surface area contributed by atoms with Crippen LogP contribution in [0.25, 0.3) is 10.9 Å². The Balaban J connectivity index is 1.84. The van der Waals surface area contributed by atoms with E-state index >= 15 is 0 Å². The van der Waals surface area contributed by atoms with E-state index in [-0.39, 0.29) is 0 Å². The normalized spacial score (nSPS) is 17.3. The predicted octanol–water partition coefficient (Wildman–Crippen LogP) is 4.49. The predicted molar refractivity (Wildman–Crippen MR) is 86.1 cm³/mol. The van der Waals surface area contributed by atoms with E-state index in [4.69, 9.17) is 0 Å². The minimum atomic E-state index is 0.332. The molecule has 3 rings (SSSR count). The van der Waals surface area contributed by atoms with Gasteiger partial charge in [0.2, 0.25) is 0 Å². The number of pyridine rings is 1. The van der Waals surface area contributed by atoms with E-state index in [1.165, 1.54) is 32.1 Å². The highest BCUT2D eigenvalue weighted by Crippen LogP contribution is 2.36. The number of nitrogens with one attached hydrogen (secondary N) is 1. The fourth-order valence-electron chi connectivity index (χ4n) is 3.22. The lowest BCUT2D eigenvalue weighted by molar-refractivity contribution is 0.233. The zero-order valence-electron chi connectivity index (χ0n) is 12.5. The number of hydrogen-bond acceptors (Lipinski definition) is 3. The van der Waals surface area contributed by atoms with Crippen LogP contribution in [-0.2, 0) is 0 Å². The molecule has 1 aliphatic rings. The topological polar surface area (TPSA) is 48.7 Å². The van der Waals surface area contributed by atoms with E-state index in [2.05, 4.69) is 23.3 Å². The molecule has 1 fully saturated rings. The van der Waals surface area contributed by atoms with Crippen LogP contribution in [0, 0.1) is 16.7 Å². The van der Waals surface area contributed by atoms with Gasteiger partial charge in [-0.25, -0.2) is 4.98 Å². The number of nitriles is 1. The summed E-state index contributed by atoms with van der Waals surface area (Å²) in [7, 11) is 0. The molecule has 1 aromatic heterocycles. The number of aromatic nitrogens is 1. The minimum absolute atomic E-state index is 0.332. The van der Waals surface area contributed by atoms with E-state index < -0.39 is 0 Å². The average Bonchev–Trinajstić information content (AvgIpc) is 2.53. The van der Waals surface area contributed by atoms with E-state index in [0.717, 1.165) is 23.3 Å². The molecule has 0 unspecified atom stereocenters. The molecule has 21 heavy (non-hydrogen) atoms.